The molecule has 26 heavy (non-hydrogen) atoms. The Kier molecular flexibility index (Phi) is 7.88. The minimum atomic E-state index is -0.462. The fraction of sp³-hybridized carbons (Fsp3) is 0.409. The standard InChI is InChI=1S/C22H26Br2N2/c1-17(2)22(16-25,19-10-11-20(23)21(24)14-19)12-7-13-26(3)15-18-8-5-4-6-9-18/h4-6,8-11,14,17H,7,12-13,15H2,1-3H3. The molecule has 0 fully saturated rings. The molecular formula is C22H26Br2N2. The number of hydrogen-bond acceptors (Lipinski definition) is 2. The van der Waals surface area contributed by atoms with Crippen LogP contribution in [0.1, 0.15) is 37.8 Å². The summed E-state index contributed by atoms with van der Waals surface area (Å²) in [6.07, 6.45) is 1.84. The molecule has 0 saturated carbocycles. The predicted octanol–water partition coefficient (Wildman–Crippen LogP) is 6.54. The molecule has 0 amide bonds. The van der Waals surface area contributed by atoms with Gasteiger partial charge in [-0.15, -0.1) is 0 Å². The molecule has 2 nitrogen and oxygen atoms in total. The second kappa shape index (κ2) is 9.69. The van der Waals surface area contributed by atoms with E-state index in [9.17, 15) is 5.26 Å². The van der Waals surface area contributed by atoms with Gasteiger partial charge in [-0.3, -0.25) is 0 Å². The predicted molar refractivity (Wildman–Crippen MR) is 116 cm³/mol. The van der Waals surface area contributed by atoms with Crippen molar-refractivity contribution in [2.45, 2.75) is 38.6 Å². The van der Waals surface area contributed by atoms with Crippen LogP contribution in [-0.4, -0.2) is 18.5 Å². The maximum atomic E-state index is 10.1. The maximum Gasteiger partial charge on any atom is 0.0846 e. The maximum absolute atomic E-state index is 10.1. The molecule has 0 spiro atoms. The summed E-state index contributed by atoms with van der Waals surface area (Å²) in [6, 6.07) is 19.3. The molecule has 0 aliphatic heterocycles. The normalized spacial score (nSPS) is 13.6. The van der Waals surface area contributed by atoms with Gasteiger partial charge < -0.3 is 4.90 Å². The van der Waals surface area contributed by atoms with E-state index in [0.717, 1.165) is 40.4 Å². The summed E-state index contributed by atoms with van der Waals surface area (Å²) in [5.74, 6) is 0.250. The molecular weight excluding hydrogens is 452 g/mol. The zero-order valence-corrected chi connectivity index (χ0v) is 18.8. The van der Waals surface area contributed by atoms with Gasteiger partial charge in [-0.05, 0) is 87.5 Å². The number of nitriles is 1. The second-order valence-electron chi connectivity index (χ2n) is 7.19. The van der Waals surface area contributed by atoms with Gasteiger partial charge in [-0.25, -0.2) is 0 Å². The monoisotopic (exact) mass is 476 g/mol. The van der Waals surface area contributed by atoms with Gasteiger partial charge in [0.25, 0.3) is 0 Å². The zero-order chi connectivity index (χ0) is 19.2. The van der Waals surface area contributed by atoms with Gasteiger partial charge in [0, 0.05) is 15.5 Å². The zero-order valence-electron chi connectivity index (χ0n) is 15.7. The summed E-state index contributed by atoms with van der Waals surface area (Å²) in [5.41, 5.74) is 1.95. The van der Waals surface area contributed by atoms with Gasteiger partial charge in [-0.1, -0.05) is 50.2 Å². The minimum absolute atomic E-state index is 0.250. The lowest BCUT2D eigenvalue weighted by Gasteiger charge is -2.32. The van der Waals surface area contributed by atoms with Crippen molar-refractivity contribution >= 4 is 31.9 Å². The highest BCUT2D eigenvalue weighted by molar-refractivity contribution is 9.13. The van der Waals surface area contributed by atoms with Crippen LogP contribution < -0.4 is 0 Å². The van der Waals surface area contributed by atoms with Crippen LogP contribution in [0.15, 0.2) is 57.5 Å². The van der Waals surface area contributed by atoms with Gasteiger partial charge in [0.1, 0.15) is 0 Å². The molecule has 2 rings (SSSR count). The molecule has 4 heteroatoms. The Bertz CT molecular complexity index is 752. The first-order chi connectivity index (χ1) is 12.4. The van der Waals surface area contributed by atoms with Crippen molar-refractivity contribution in [1.29, 1.82) is 5.26 Å². The third-order valence-electron chi connectivity index (χ3n) is 5.03. The molecule has 2 aromatic carbocycles. The molecule has 0 aromatic heterocycles. The molecule has 2 aromatic rings. The number of benzene rings is 2. The molecule has 0 heterocycles. The number of hydrogen-bond donors (Lipinski definition) is 0. The van der Waals surface area contributed by atoms with Crippen molar-refractivity contribution in [2.75, 3.05) is 13.6 Å². The van der Waals surface area contributed by atoms with Crippen molar-refractivity contribution in [2.24, 2.45) is 5.92 Å². The van der Waals surface area contributed by atoms with Crippen molar-refractivity contribution in [3.63, 3.8) is 0 Å². The second-order valence-corrected chi connectivity index (χ2v) is 8.90. The van der Waals surface area contributed by atoms with Crippen molar-refractivity contribution in [3.8, 4) is 6.07 Å². The Hall–Kier alpha value is -1.15. The van der Waals surface area contributed by atoms with E-state index in [-0.39, 0.29) is 5.92 Å². The van der Waals surface area contributed by atoms with E-state index in [2.05, 4.69) is 100 Å². The van der Waals surface area contributed by atoms with Crippen LogP contribution in [0.4, 0.5) is 0 Å². The number of nitrogens with zero attached hydrogens (tertiary/aromatic N) is 2. The summed E-state index contributed by atoms with van der Waals surface area (Å²) in [6.45, 7) is 6.20. The minimum Gasteiger partial charge on any atom is -0.302 e. The van der Waals surface area contributed by atoms with E-state index in [0.29, 0.717) is 0 Å². The fourth-order valence-electron chi connectivity index (χ4n) is 3.39. The van der Waals surface area contributed by atoms with E-state index < -0.39 is 5.41 Å². The van der Waals surface area contributed by atoms with Crippen LogP contribution in [-0.2, 0) is 12.0 Å². The summed E-state index contributed by atoms with van der Waals surface area (Å²) in [7, 11) is 2.15. The average molecular weight is 478 g/mol. The van der Waals surface area contributed by atoms with Crippen LogP contribution in [0.5, 0.6) is 0 Å². The Morgan fingerprint density at radius 3 is 2.35 bits per heavy atom. The average Bonchev–Trinajstić information content (AvgIpc) is 2.62. The van der Waals surface area contributed by atoms with Crippen LogP contribution >= 0.6 is 31.9 Å². The van der Waals surface area contributed by atoms with E-state index in [4.69, 9.17) is 0 Å². The van der Waals surface area contributed by atoms with Crippen molar-refractivity contribution in [1.82, 2.24) is 4.90 Å². The Morgan fingerprint density at radius 2 is 1.77 bits per heavy atom. The van der Waals surface area contributed by atoms with Gasteiger partial charge in [0.2, 0.25) is 0 Å². The molecule has 0 aliphatic carbocycles. The van der Waals surface area contributed by atoms with Gasteiger partial charge in [0.15, 0.2) is 0 Å². The third-order valence-corrected chi connectivity index (χ3v) is 6.91. The number of halogens is 2. The quantitative estimate of drug-likeness (QED) is 0.431. The van der Waals surface area contributed by atoms with E-state index >= 15 is 0 Å². The lowest BCUT2D eigenvalue weighted by Crippen LogP contribution is -2.32. The van der Waals surface area contributed by atoms with Crippen LogP contribution in [0, 0.1) is 17.2 Å². The highest BCUT2D eigenvalue weighted by atomic mass is 79.9. The topological polar surface area (TPSA) is 27.0 Å². The van der Waals surface area contributed by atoms with E-state index in [1.807, 2.05) is 12.1 Å². The lowest BCUT2D eigenvalue weighted by molar-refractivity contribution is 0.286. The van der Waals surface area contributed by atoms with Gasteiger partial charge >= 0.3 is 0 Å². The SMILES string of the molecule is CC(C)C(C#N)(CCCN(C)Cc1ccccc1)c1ccc(Br)c(Br)c1. The van der Waals surface area contributed by atoms with Crippen LogP contribution in [0.2, 0.25) is 0 Å². The molecule has 1 unspecified atom stereocenters. The van der Waals surface area contributed by atoms with Crippen molar-refractivity contribution < 1.29 is 0 Å². The first-order valence-corrected chi connectivity index (χ1v) is 10.6. The van der Waals surface area contributed by atoms with Crippen LogP contribution in [0.3, 0.4) is 0 Å². The van der Waals surface area contributed by atoms with Gasteiger partial charge in [-0.2, -0.15) is 5.26 Å². The first-order valence-electron chi connectivity index (χ1n) is 8.98. The molecule has 0 aliphatic rings. The summed E-state index contributed by atoms with van der Waals surface area (Å²) in [4.78, 5) is 2.33. The molecule has 1 atom stereocenters. The van der Waals surface area contributed by atoms with Crippen molar-refractivity contribution in [3.05, 3.63) is 68.6 Å². The molecule has 0 bridgehead atoms. The molecule has 138 valence electrons. The lowest BCUT2D eigenvalue weighted by atomic mass is 9.70. The number of rotatable bonds is 8. The Morgan fingerprint density at radius 1 is 1.08 bits per heavy atom. The Balaban J connectivity index is 2.06. The fourth-order valence-corrected chi connectivity index (χ4v) is 4.02. The largest absolute Gasteiger partial charge is 0.302 e. The van der Waals surface area contributed by atoms with Crippen LogP contribution in [0.25, 0.3) is 0 Å². The Labute approximate surface area is 174 Å². The van der Waals surface area contributed by atoms with Gasteiger partial charge in [0.05, 0.1) is 11.5 Å². The molecule has 0 radical (unpaired) electrons. The third kappa shape index (κ3) is 5.19. The highest BCUT2D eigenvalue weighted by Gasteiger charge is 2.35. The molecule has 0 N–H and O–H groups in total. The highest BCUT2D eigenvalue weighted by Crippen LogP contribution is 2.39. The van der Waals surface area contributed by atoms with E-state index in [1.165, 1.54) is 5.56 Å². The van der Waals surface area contributed by atoms with E-state index in [1.54, 1.807) is 0 Å². The smallest absolute Gasteiger partial charge is 0.0846 e. The summed E-state index contributed by atoms with van der Waals surface area (Å²) in [5, 5.41) is 10.1. The summed E-state index contributed by atoms with van der Waals surface area (Å²) >= 11 is 7.10. The molecule has 0 saturated heterocycles. The summed E-state index contributed by atoms with van der Waals surface area (Å²) < 4.78 is 2.01. The first kappa shape index (κ1) is 21.2.